The van der Waals surface area contributed by atoms with Gasteiger partial charge in [0.15, 0.2) is 0 Å². The smallest absolute Gasteiger partial charge is 0.135 e. The molecule has 0 fully saturated rings. The van der Waals surface area contributed by atoms with Crippen molar-refractivity contribution in [3.63, 3.8) is 0 Å². The highest BCUT2D eigenvalue weighted by molar-refractivity contribution is 6.22. The molecule has 0 amide bonds. The third-order valence-electron chi connectivity index (χ3n) is 14.4. The van der Waals surface area contributed by atoms with Crippen LogP contribution in [0.25, 0.3) is 132 Å². The average molecular weight is 829 g/mol. The second-order valence-electron chi connectivity index (χ2n) is 18.4. The minimum atomic E-state index is -0.0721. The average Bonchev–Trinajstić information content (AvgIpc) is 3.98. The molecule has 13 aromatic rings. The SMILES string of the molecule is CC1(C)c2ccc(-c3ccc4oc5ccc(-c6c7ccccc7c(-c7cccc(-c8ccc9oc%10ccccc%10c9c8)c7)c7ccccc67)cc5c4c3)cc2-c2cc3ccccc3cc21. The molecule has 65 heavy (non-hydrogen) atoms. The molecule has 2 nitrogen and oxygen atoms in total. The number of para-hydroxylation sites is 1. The summed E-state index contributed by atoms with van der Waals surface area (Å²) >= 11 is 0. The Kier molecular flexibility index (Phi) is 7.49. The normalized spacial score (nSPS) is 13.2. The minimum Gasteiger partial charge on any atom is -0.456 e. The van der Waals surface area contributed by atoms with Crippen molar-refractivity contribution in [2.24, 2.45) is 0 Å². The highest BCUT2D eigenvalue weighted by atomic mass is 16.3. The fourth-order valence-corrected chi connectivity index (χ4v) is 11.2. The predicted molar refractivity (Wildman–Crippen MR) is 273 cm³/mol. The Hall–Kier alpha value is -8.20. The maximum absolute atomic E-state index is 6.56. The van der Waals surface area contributed by atoms with Crippen LogP contribution in [-0.2, 0) is 5.41 Å². The van der Waals surface area contributed by atoms with Gasteiger partial charge >= 0.3 is 0 Å². The monoisotopic (exact) mass is 828 g/mol. The van der Waals surface area contributed by atoms with Crippen molar-refractivity contribution in [3.8, 4) is 55.6 Å². The molecular weight excluding hydrogens is 789 g/mol. The summed E-state index contributed by atoms with van der Waals surface area (Å²) in [6.45, 7) is 4.72. The van der Waals surface area contributed by atoms with Crippen LogP contribution in [0.2, 0.25) is 0 Å². The van der Waals surface area contributed by atoms with Crippen LogP contribution in [0.4, 0.5) is 0 Å². The van der Waals surface area contributed by atoms with Gasteiger partial charge in [0, 0.05) is 27.0 Å². The summed E-state index contributed by atoms with van der Waals surface area (Å²) in [6.07, 6.45) is 0. The van der Waals surface area contributed by atoms with E-state index in [-0.39, 0.29) is 5.41 Å². The van der Waals surface area contributed by atoms with Gasteiger partial charge in [-0.15, -0.1) is 0 Å². The van der Waals surface area contributed by atoms with Crippen molar-refractivity contribution >= 4 is 76.2 Å². The van der Waals surface area contributed by atoms with E-state index in [0.29, 0.717) is 0 Å². The van der Waals surface area contributed by atoms with Gasteiger partial charge in [-0.05, 0) is 166 Å². The van der Waals surface area contributed by atoms with Crippen molar-refractivity contribution in [1.82, 2.24) is 0 Å². The van der Waals surface area contributed by atoms with E-state index in [1.54, 1.807) is 0 Å². The quantitative estimate of drug-likeness (QED) is 0.165. The zero-order valence-electron chi connectivity index (χ0n) is 35.9. The third kappa shape index (κ3) is 5.35. The number of benzene rings is 11. The molecule has 0 saturated carbocycles. The molecule has 2 heterocycles. The molecule has 0 aliphatic heterocycles. The molecule has 2 heteroatoms. The molecule has 0 unspecified atom stereocenters. The molecule has 0 radical (unpaired) electrons. The third-order valence-corrected chi connectivity index (χ3v) is 14.4. The van der Waals surface area contributed by atoms with Crippen molar-refractivity contribution in [3.05, 3.63) is 217 Å². The number of hydrogen-bond acceptors (Lipinski definition) is 2. The van der Waals surface area contributed by atoms with Crippen LogP contribution >= 0.6 is 0 Å². The van der Waals surface area contributed by atoms with Crippen LogP contribution in [0.3, 0.4) is 0 Å². The Morgan fingerprint density at radius 3 is 1.32 bits per heavy atom. The highest BCUT2D eigenvalue weighted by Crippen LogP contribution is 2.51. The summed E-state index contributed by atoms with van der Waals surface area (Å²) in [6, 6.07) is 75.6. The Morgan fingerprint density at radius 2 is 0.692 bits per heavy atom. The first-order valence-corrected chi connectivity index (χ1v) is 22.6. The maximum Gasteiger partial charge on any atom is 0.135 e. The van der Waals surface area contributed by atoms with Crippen LogP contribution < -0.4 is 0 Å². The lowest BCUT2D eigenvalue weighted by Crippen LogP contribution is -2.14. The van der Waals surface area contributed by atoms with E-state index >= 15 is 0 Å². The van der Waals surface area contributed by atoms with Gasteiger partial charge < -0.3 is 8.83 Å². The van der Waals surface area contributed by atoms with Crippen molar-refractivity contribution in [2.75, 3.05) is 0 Å². The number of rotatable bonds is 4. The van der Waals surface area contributed by atoms with E-state index in [9.17, 15) is 0 Å². The summed E-state index contributed by atoms with van der Waals surface area (Å²) in [5.74, 6) is 0. The van der Waals surface area contributed by atoms with Gasteiger partial charge in [0.2, 0.25) is 0 Å². The second kappa shape index (κ2) is 13.4. The molecule has 0 atom stereocenters. The molecule has 0 N–H and O–H groups in total. The van der Waals surface area contributed by atoms with Crippen molar-refractivity contribution in [1.29, 1.82) is 0 Å². The first kappa shape index (κ1) is 36.3. The fourth-order valence-electron chi connectivity index (χ4n) is 11.2. The minimum absolute atomic E-state index is 0.0721. The van der Waals surface area contributed by atoms with Crippen LogP contribution in [0.5, 0.6) is 0 Å². The van der Waals surface area contributed by atoms with Gasteiger partial charge in [-0.1, -0.05) is 153 Å². The lowest BCUT2D eigenvalue weighted by atomic mass is 9.81. The van der Waals surface area contributed by atoms with E-state index in [1.807, 2.05) is 12.1 Å². The zero-order valence-corrected chi connectivity index (χ0v) is 35.9. The van der Waals surface area contributed by atoms with Gasteiger partial charge in [0.1, 0.15) is 22.3 Å². The lowest BCUT2D eigenvalue weighted by Gasteiger charge is -2.22. The van der Waals surface area contributed by atoms with Gasteiger partial charge in [0.25, 0.3) is 0 Å². The molecule has 11 aromatic carbocycles. The van der Waals surface area contributed by atoms with Gasteiger partial charge in [-0.2, -0.15) is 0 Å². The predicted octanol–water partition coefficient (Wildman–Crippen LogP) is 17.9. The van der Waals surface area contributed by atoms with Crippen molar-refractivity contribution < 1.29 is 8.83 Å². The lowest BCUT2D eigenvalue weighted by molar-refractivity contribution is 0.661. The summed E-state index contributed by atoms with van der Waals surface area (Å²) in [4.78, 5) is 0. The topological polar surface area (TPSA) is 26.3 Å². The standard InChI is InChI=1S/C63H40O2/c1-63(2)55-26-22-40(32-50(55)51-31-38-12-3-4-13-39(38)36-56(51)63)42-24-28-59-53(34-42)54-35-44(25-29-60(54)65-59)62-48-19-7-5-17-46(48)61(47-18-6-8-20-49(47)62)43-15-11-14-37(30-43)41-23-27-58-52(33-41)45-16-9-10-21-57(45)64-58/h3-36H,1-2H3. The molecule has 0 saturated heterocycles. The van der Waals surface area contributed by atoms with E-state index in [2.05, 4.69) is 208 Å². The largest absolute Gasteiger partial charge is 0.456 e. The Morgan fingerprint density at radius 1 is 0.277 bits per heavy atom. The number of fused-ring (bicyclic) bond motifs is 12. The molecule has 0 spiro atoms. The summed E-state index contributed by atoms with van der Waals surface area (Å²) in [7, 11) is 0. The molecule has 0 bridgehead atoms. The first-order valence-electron chi connectivity index (χ1n) is 22.6. The Bertz CT molecular complexity index is 4100. The van der Waals surface area contributed by atoms with E-state index in [0.717, 1.165) is 43.9 Å². The van der Waals surface area contributed by atoms with E-state index in [4.69, 9.17) is 8.83 Å². The summed E-state index contributed by atoms with van der Waals surface area (Å²) in [5, 5.41) is 12.0. The first-order chi connectivity index (χ1) is 31.9. The van der Waals surface area contributed by atoms with Crippen molar-refractivity contribution in [2.45, 2.75) is 19.3 Å². The number of furan rings is 2. The molecule has 2 aromatic heterocycles. The molecule has 1 aliphatic carbocycles. The Labute approximate surface area is 375 Å². The van der Waals surface area contributed by atoms with Gasteiger partial charge in [-0.3, -0.25) is 0 Å². The molecular formula is C63H40O2. The summed E-state index contributed by atoms with van der Waals surface area (Å²) < 4.78 is 12.7. The van der Waals surface area contributed by atoms with Crippen LogP contribution in [0.15, 0.2) is 215 Å². The van der Waals surface area contributed by atoms with E-state index in [1.165, 1.54) is 99.1 Å². The zero-order chi connectivity index (χ0) is 43.0. The van der Waals surface area contributed by atoms with E-state index < -0.39 is 0 Å². The van der Waals surface area contributed by atoms with Crippen LogP contribution in [0, 0.1) is 0 Å². The Balaban J connectivity index is 0.903. The van der Waals surface area contributed by atoms with Crippen LogP contribution in [-0.4, -0.2) is 0 Å². The highest BCUT2D eigenvalue weighted by Gasteiger charge is 2.36. The fraction of sp³-hybridized carbons (Fsp3) is 0.0476. The summed E-state index contributed by atoms with van der Waals surface area (Å²) in [5.41, 5.74) is 18.5. The maximum atomic E-state index is 6.56. The second-order valence-corrected chi connectivity index (χ2v) is 18.4. The van der Waals surface area contributed by atoms with Crippen LogP contribution in [0.1, 0.15) is 25.0 Å². The molecule has 14 rings (SSSR count). The number of hydrogen-bond donors (Lipinski definition) is 0. The van der Waals surface area contributed by atoms with Gasteiger partial charge in [0.05, 0.1) is 0 Å². The molecule has 304 valence electrons. The van der Waals surface area contributed by atoms with Gasteiger partial charge in [-0.25, -0.2) is 0 Å². The molecule has 1 aliphatic rings.